The molecule has 5 atom stereocenters. The van der Waals surface area contributed by atoms with Crippen LogP contribution < -0.4 is 5.32 Å². The highest BCUT2D eigenvalue weighted by Crippen LogP contribution is 2.34. The Labute approximate surface area is 117 Å². The van der Waals surface area contributed by atoms with Gasteiger partial charge in [0.25, 0.3) is 0 Å². The van der Waals surface area contributed by atoms with E-state index in [0.717, 1.165) is 19.3 Å². The average molecular weight is 284 g/mol. The van der Waals surface area contributed by atoms with E-state index in [-0.39, 0.29) is 37.5 Å². The quantitative estimate of drug-likeness (QED) is 0.764. The molecule has 2 N–H and O–H groups in total. The molecule has 3 fully saturated rings. The number of hydrogen-bond acceptors (Lipinski definition) is 4. The number of ether oxygens (including phenoxy) is 2. The number of aliphatic carboxylic acids is 1. The van der Waals surface area contributed by atoms with Gasteiger partial charge in [0.05, 0.1) is 37.5 Å². The highest BCUT2D eigenvalue weighted by atomic mass is 16.5. The Balaban J connectivity index is 1.58. The maximum atomic E-state index is 12.2. The zero-order valence-corrected chi connectivity index (χ0v) is 11.4. The Morgan fingerprint density at radius 2 is 2.10 bits per heavy atom. The number of rotatable bonds is 3. The summed E-state index contributed by atoms with van der Waals surface area (Å²) in [6.45, 7) is 0.433. The Kier molecular flexibility index (Phi) is 3.55. The first kappa shape index (κ1) is 13.6. The first-order valence-electron chi connectivity index (χ1n) is 7.05. The summed E-state index contributed by atoms with van der Waals surface area (Å²) in [4.78, 5) is 24.8. The average Bonchev–Trinajstić information content (AvgIpc) is 3.13. The lowest BCUT2D eigenvalue weighted by molar-refractivity contribution is -0.142. The van der Waals surface area contributed by atoms with Gasteiger partial charge in [-0.25, -0.2) is 4.79 Å². The van der Waals surface area contributed by atoms with Crippen molar-refractivity contribution in [3.8, 4) is 0 Å². The van der Waals surface area contributed by atoms with Crippen molar-refractivity contribution in [3.05, 3.63) is 0 Å². The molecule has 7 heteroatoms. The summed E-state index contributed by atoms with van der Waals surface area (Å²) in [5, 5.41) is 12.1. The molecule has 0 aromatic carbocycles. The van der Waals surface area contributed by atoms with Crippen LogP contribution in [0.15, 0.2) is 0 Å². The molecule has 0 aliphatic carbocycles. The summed E-state index contributed by atoms with van der Waals surface area (Å²) in [5.74, 6) is -1.57. The highest BCUT2D eigenvalue weighted by molar-refractivity contribution is 5.77. The van der Waals surface area contributed by atoms with Crippen LogP contribution in [0.25, 0.3) is 0 Å². The number of fused-ring (bicyclic) bond motifs is 2. The fraction of sp³-hybridized carbons (Fsp3) is 0.846. The largest absolute Gasteiger partial charge is 0.481 e. The minimum Gasteiger partial charge on any atom is -0.481 e. The lowest BCUT2D eigenvalue weighted by Crippen LogP contribution is -2.52. The topological polar surface area (TPSA) is 88.1 Å². The summed E-state index contributed by atoms with van der Waals surface area (Å²) >= 11 is 0. The Hall–Kier alpha value is -1.34. The fourth-order valence-electron chi connectivity index (χ4n) is 3.36. The first-order chi connectivity index (χ1) is 9.56. The molecule has 5 unspecified atom stereocenters. The molecular weight excluding hydrogens is 264 g/mol. The van der Waals surface area contributed by atoms with Crippen LogP contribution in [0.5, 0.6) is 0 Å². The highest BCUT2D eigenvalue weighted by Gasteiger charge is 2.43. The molecule has 0 spiro atoms. The van der Waals surface area contributed by atoms with Crippen molar-refractivity contribution in [1.82, 2.24) is 10.2 Å². The van der Waals surface area contributed by atoms with Gasteiger partial charge in [0.15, 0.2) is 0 Å². The second-order valence-corrected chi connectivity index (χ2v) is 5.83. The van der Waals surface area contributed by atoms with Crippen molar-refractivity contribution in [3.63, 3.8) is 0 Å². The Bertz CT molecular complexity index is 416. The van der Waals surface area contributed by atoms with E-state index >= 15 is 0 Å². The van der Waals surface area contributed by atoms with E-state index in [4.69, 9.17) is 14.6 Å². The minimum atomic E-state index is -0.921. The van der Waals surface area contributed by atoms with E-state index in [1.807, 2.05) is 0 Å². The van der Waals surface area contributed by atoms with E-state index < -0.39 is 17.9 Å². The van der Waals surface area contributed by atoms with Gasteiger partial charge in [-0.15, -0.1) is 0 Å². The van der Waals surface area contributed by atoms with Crippen LogP contribution >= 0.6 is 0 Å². The van der Waals surface area contributed by atoms with Crippen LogP contribution in [0.4, 0.5) is 4.79 Å². The van der Waals surface area contributed by atoms with Crippen LogP contribution in [0.2, 0.25) is 0 Å². The molecule has 7 nitrogen and oxygen atoms in total. The lowest BCUT2D eigenvalue weighted by Gasteiger charge is -2.29. The number of nitrogens with one attached hydrogen (secondary N) is 1. The van der Waals surface area contributed by atoms with Crippen LogP contribution in [0, 0.1) is 5.92 Å². The van der Waals surface area contributed by atoms with Gasteiger partial charge < -0.3 is 24.8 Å². The molecule has 2 bridgehead atoms. The standard InChI is InChI=1S/C13H20N2O5/c1-15(10-6-19-5-8(10)12(16)17)13(18)14-9-4-7-2-3-11(9)20-7/h7-11H,2-6H2,1H3,(H,14,18)(H,16,17). The third kappa shape index (κ3) is 2.35. The molecule has 0 radical (unpaired) electrons. The summed E-state index contributed by atoms with van der Waals surface area (Å²) in [7, 11) is 1.62. The van der Waals surface area contributed by atoms with Gasteiger partial charge in [-0.3, -0.25) is 4.79 Å². The summed E-state index contributed by atoms with van der Waals surface area (Å²) < 4.78 is 10.9. The molecule has 0 saturated carbocycles. The van der Waals surface area contributed by atoms with Gasteiger partial charge in [-0.1, -0.05) is 0 Å². The van der Waals surface area contributed by atoms with E-state index in [1.165, 1.54) is 4.90 Å². The number of amides is 2. The molecular formula is C13H20N2O5. The molecule has 2 amide bonds. The number of carbonyl (C=O) groups excluding carboxylic acids is 1. The van der Waals surface area contributed by atoms with Crippen LogP contribution in [0.1, 0.15) is 19.3 Å². The van der Waals surface area contributed by atoms with Crippen molar-refractivity contribution >= 4 is 12.0 Å². The number of likely N-dealkylation sites (N-methyl/N-ethyl adjacent to an activating group) is 1. The van der Waals surface area contributed by atoms with Gasteiger partial charge in [0.1, 0.15) is 5.92 Å². The fourth-order valence-corrected chi connectivity index (χ4v) is 3.36. The number of carbonyl (C=O) groups is 2. The number of hydrogen-bond donors (Lipinski definition) is 2. The van der Waals surface area contributed by atoms with E-state index in [0.29, 0.717) is 0 Å². The molecule has 3 heterocycles. The van der Waals surface area contributed by atoms with Crippen LogP contribution in [0.3, 0.4) is 0 Å². The number of nitrogens with zero attached hydrogens (tertiary/aromatic N) is 1. The van der Waals surface area contributed by atoms with Gasteiger partial charge in [0, 0.05) is 7.05 Å². The third-order valence-electron chi connectivity index (χ3n) is 4.60. The second kappa shape index (κ2) is 5.21. The molecule has 20 heavy (non-hydrogen) atoms. The van der Waals surface area contributed by atoms with Gasteiger partial charge >= 0.3 is 12.0 Å². The monoisotopic (exact) mass is 284 g/mol. The van der Waals surface area contributed by atoms with Crippen molar-refractivity contribution in [2.45, 2.75) is 43.6 Å². The second-order valence-electron chi connectivity index (χ2n) is 5.83. The zero-order chi connectivity index (χ0) is 14.3. The Morgan fingerprint density at radius 3 is 2.70 bits per heavy atom. The predicted molar refractivity (Wildman–Crippen MR) is 68.3 cm³/mol. The van der Waals surface area contributed by atoms with Gasteiger partial charge in [0.2, 0.25) is 0 Å². The summed E-state index contributed by atoms with van der Waals surface area (Å²) in [5.41, 5.74) is 0. The SMILES string of the molecule is CN(C(=O)NC1CC2CCC1O2)C1COCC1C(=O)O. The molecule has 3 rings (SSSR count). The lowest BCUT2D eigenvalue weighted by atomic mass is 9.95. The number of carboxylic acids is 1. The molecule has 0 aromatic rings. The van der Waals surface area contributed by atoms with Crippen molar-refractivity contribution in [2.75, 3.05) is 20.3 Å². The Morgan fingerprint density at radius 1 is 1.30 bits per heavy atom. The normalized spacial score (nSPS) is 39.0. The maximum absolute atomic E-state index is 12.2. The molecule has 0 aromatic heterocycles. The molecule has 3 saturated heterocycles. The first-order valence-corrected chi connectivity index (χ1v) is 7.05. The van der Waals surface area contributed by atoms with Crippen molar-refractivity contribution in [1.29, 1.82) is 0 Å². The smallest absolute Gasteiger partial charge is 0.317 e. The van der Waals surface area contributed by atoms with Crippen molar-refractivity contribution < 1.29 is 24.2 Å². The maximum Gasteiger partial charge on any atom is 0.317 e. The zero-order valence-electron chi connectivity index (χ0n) is 11.4. The molecule has 3 aliphatic heterocycles. The number of carboxylic acid groups (broad SMARTS) is 1. The van der Waals surface area contributed by atoms with Crippen LogP contribution in [-0.4, -0.2) is 66.6 Å². The van der Waals surface area contributed by atoms with Gasteiger partial charge in [-0.05, 0) is 19.3 Å². The predicted octanol–water partition coefficient (Wildman–Crippen LogP) is 0.0473. The minimum absolute atomic E-state index is 0.0503. The molecule has 112 valence electrons. The van der Waals surface area contributed by atoms with E-state index in [1.54, 1.807) is 7.05 Å². The van der Waals surface area contributed by atoms with Gasteiger partial charge in [-0.2, -0.15) is 0 Å². The summed E-state index contributed by atoms with van der Waals surface area (Å²) in [6.07, 6.45) is 3.31. The number of urea groups is 1. The van der Waals surface area contributed by atoms with Crippen LogP contribution in [-0.2, 0) is 14.3 Å². The summed E-state index contributed by atoms with van der Waals surface area (Å²) in [6, 6.07) is -0.603. The third-order valence-corrected chi connectivity index (χ3v) is 4.60. The van der Waals surface area contributed by atoms with E-state index in [2.05, 4.69) is 5.32 Å². The van der Waals surface area contributed by atoms with Crippen molar-refractivity contribution in [2.24, 2.45) is 5.92 Å². The van der Waals surface area contributed by atoms with E-state index in [9.17, 15) is 9.59 Å². The molecule has 3 aliphatic rings.